The van der Waals surface area contributed by atoms with Gasteiger partial charge < -0.3 is 10.1 Å². The lowest BCUT2D eigenvalue weighted by Crippen LogP contribution is -2.29. The first-order valence-electron chi connectivity index (χ1n) is 6.29. The van der Waals surface area contributed by atoms with Gasteiger partial charge >= 0.3 is 6.03 Å². The third-order valence-electron chi connectivity index (χ3n) is 2.43. The van der Waals surface area contributed by atoms with Crippen molar-refractivity contribution in [1.82, 2.24) is 10.3 Å². The number of aromatic nitrogens is 1. The van der Waals surface area contributed by atoms with E-state index in [-0.39, 0.29) is 6.03 Å². The van der Waals surface area contributed by atoms with Gasteiger partial charge in [0.15, 0.2) is 0 Å². The molecule has 6 nitrogen and oxygen atoms in total. The third kappa shape index (κ3) is 7.60. The van der Waals surface area contributed by atoms with Crippen molar-refractivity contribution in [3.63, 3.8) is 0 Å². The first-order chi connectivity index (χ1) is 9.33. The van der Waals surface area contributed by atoms with Crippen LogP contribution in [0.5, 0.6) is 0 Å². The van der Waals surface area contributed by atoms with Crippen LogP contribution in [0.1, 0.15) is 25.7 Å². The Morgan fingerprint density at radius 1 is 1.32 bits per heavy atom. The van der Waals surface area contributed by atoms with Crippen LogP contribution >= 0.6 is 0 Å². The maximum absolute atomic E-state index is 11.5. The highest BCUT2D eigenvalue weighted by atomic mass is 16.5. The highest BCUT2D eigenvalue weighted by Gasteiger charge is 2.00. The van der Waals surface area contributed by atoms with Gasteiger partial charge in [-0.1, -0.05) is 12.5 Å². The molecule has 1 rings (SSSR count). The van der Waals surface area contributed by atoms with Crippen molar-refractivity contribution in [3.05, 3.63) is 24.4 Å². The summed E-state index contributed by atoms with van der Waals surface area (Å²) in [5.74, 6) is 0.536. The van der Waals surface area contributed by atoms with Crippen molar-refractivity contribution >= 4 is 11.8 Å². The van der Waals surface area contributed by atoms with Crippen molar-refractivity contribution in [1.29, 1.82) is 5.26 Å². The number of carbonyl (C=O) groups is 1. The second kappa shape index (κ2) is 9.71. The van der Waals surface area contributed by atoms with Crippen LogP contribution in [0.4, 0.5) is 10.6 Å². The van der Waals surface area contributed by atoms with Gasteiger partial charge in [0, 0.05) is 12.7 Å². The molecule has 0 saturated carbocycles. The molecule has 0 bridgehead atoms. The number of ether oxygens (including phenoxy) is 1. The highest BCUT2D eigenvalue weighted by molar-refractivity contribution is 5.88. The molecule has 0 unspecified atom stereocenters. The van der Waals surface area contributed by atoms with Crippen LogP contribution in [-0.4, -0.2) is 24.2 Å². The van der Waals surface area contributed by atoms with Crippen molar-refractivity contribution in [2.75, 3.05) is 18.5 Å². The Bertz CT molecular complexity index is 403. The number of nitrogens with zero attached hydrogens (tertiary/aromatic N) is 2. The summed E-state index contributed by atoms with van der Waals surface area (Å²) in [6, 6.07) is 5.09. The maximum atomic E-state index is 11.5. The molecule has 0 aromatic carbocycles. The van der Waals surface area contributed by atoms with Crippen LogP contribution in [0.15, 0.2) is 24.4 Å². The maximum Gasteiger partial charge on any atom is 0.320 e. The molecule has 0 spiro atoms. The third-order valence-corrected chi connectivity index (χ3v) is 2.43. The summed E-state index contributed by atoms with van der Waals surface area (Å²) in [7, 11) is 0. The molecule has 0 saturated heterocycles. The van der Waals surface area contributed by atoms with Gasteiger partial charge in [0.05, 0.1) is 0 Å². The zero-order valence-electron chi connectivity index (χ0n) is 10.8. The van der Waals surface area contributed by atoms with E-state index in [4.69, 9.17) is 5.26 Å². The van der Waals surface area contributed by atoms with E-state index in [2.05, 4.69) is 20.4 Å². The Morgan fingerprint density at radius 3 is 2.89 bits per heavy atom. The van der Waals surface area contributed by atoms with Crippen molar-refractivity contribution in [3.8, 4) is 6.26 Å². The number of urea groups is 1. The number of carbonyl (C=O) groups excluding carboxylic acids is 1. The minimum absolute atomic E-state index is 0.244. The number of nitriles is 1. The fourth-order valence-corrected chi connectivity index (χ4v) is 1.50. The molecule has 0 aliphatic heterocycles. The highest BCUT2D eigenvalue weighted by Crippen LogP contribution is 2.00. The van der Waals surface area contributed by atoms with Gasteiger partial charge in [0.2, 0.25) is 0 Å². The van der Waals surface area contributed by atoms with E-state index >= 15 is 0 Å². The fourth-order valence-electron chi connectivity index (χ4n) is 1.50. The van der Waals surface area contributed by atoms with E-state index < -0.39 is 0 Å². The lowest BCUT2D eigenvalue weighted by molar-refractivity contribution is 0.251. The van der Waals surface area contributed by atoms with Gasteiger partial charge in [0.1, 0.15) is 12.4 Å². The van der Waals surface area contributed by atoms with Crippen molar-refractivity contribution in [2.45, 2.75) is 25.7 Å². The molecule has 19 heavy (non-hydrogen) atoms. The number of hydrogen-bond acceptors (Lipinski definition) is 4. The number of rotatable bonds is 8. The Kier molecular flexibility index (Phi) is 7.55. The molecule has 0 aliphatic rings. The van der Waals surface area contributed by atoms with E-state index in [0.717, 1.165) is 25.7 Å². The Labute approximate surface area is 112 Å². The van der Waals surface area contributed by atoms with E-state index in [9.17, 15) is 4.79 Å². The predicted octanol–water partition coefficient (Wildman–Crippen LogP) is 2.26. The lowest BCUT2D eigenvalue weighted by atomic mass is 10.2. The molecule has 1 aromatic rings. The zero-order valence-corrected chi connectivity index (χ0v) is 10.8. The van der Waals surface area contributed by atoms with E-state index in [1.54, 1.807) is 24.6 Å². The molecule has 0 fully saturated rings. The number of pyridine rings is 1. The smallest absolute Gasteiger partial charge is 0.320 e. The second-order valence-electron chi connectivity index (χ2n) is 3.95. The molecular formula is C13H18N4O2. The topological polar surface area (TPSA) is 87.0 Å². The molecule has 102 valence electrons. The summed E-state index contributed by atoms with van der Waals surface area (Å²) in [6.45, 7) is 1.10. The van der Waals surface area contributed by atoms with Crippen LogP contribution in [0.25, 0.3) is 0 Å². The summed E-state index contributed by atoms with van der Waals surface area (Å²) >= 11 is 0. The minimum Gasteiger partial charge on any atom is -0.428 e. The number of amides is 2. The summed E-state index contributed by atoms with van der Waals surface area (Å²) in [6.07, 6.45) is 7.02. The van der Waals surface area contributed by atoms with E-state index in [1.807, 2.05) is 6.07 Å². The van der Waals surface area contributed by atoms with Gasteiger partial charge in [-0.3, -0.25) is 5.32 Å². The molecular weight excluding hydrogens is 244 g/mol. The first kappa shape index (κ1) is 14.8. The quantitative estimate of drug-likeness (QED) is 0.555. The minimum atomic E-state index is -0.244. The van der Waals surface area contributed by atoms with E-state index in [1.165, 1.54) is 0 Å². The van der Waals surface area contributed by atoms with Gasteiger partial charge in [-0.2, -0.15) is 5.26 Å². The van der Waals surface area contributed by atoms with E-state index in [0.29, 0.717) is 19.0 Å². The van der Waals surface area contributed by atoms with Gasteiger partial charge in [-0.05, 0) is 31.4 Å². The largest absolute Gasteiger partial charge is 0.428 e. The summed E-state index contributed by atoms with van der Waals surface area (Å²) in [5, 5.41) is 13.6. The van der Waals surface area contributed by atoms with Crippen LogP contribution in [0.2, 0.25) is 0 Å². The average molecular weight is 262 g/mol. The summed E-state index contributed by atoms with van der Waals surface area (Å²) < 4.78 is 4.56. The van der Waals surface area contributed by atoms with Crippen molar-refractivity contribution in [2.24, 2.45) is 0 Å². The summed E-state index contributed by atoms with van der Waals surface area (Å²) in [5.41, 5.74) is 0. The molecule has 0 aliphatic carbocycles. The number of nitrogens with one attached hydrogen (secondary N) is 2. The summed E-state index contributed by atoms with van der Waals surface area (Å²) in [4.78, 5) is 15.5. The molecule has 1 heterocycles. The van der Waals surface area contributed by atoms with Crippen molar-refractivity contribution < 1.29 is 9.53 Å². The standard InChI is InChI=1S/C13H18N4O2/c14-11-19-10-6-2-1-4-9-16-13(18)17-12-7-3-5-8-15-12/h3,5,7-8H,1-2,4,6,9-10H2,(H2,15,16,17,18). The molecule has 6 heteroatoms. The lowest BCUT2D eigenvalue weighted by Gasteiger charge is -2.06. The number of unbranched alkanes of at least 4 members (excludes halogenated alkanes) is 3. The number of anilines is 1. The molecule has 0 atom stereocenters. The molecule has 1 aromatic heterocycles. The van der Waals surface area contributed by atoms with Crippen LogP contribution in [-0.2, 0) is 4.74 Å². The Balaban J connectivity index is 1.98. The normalized spacial score (nSPS) is 9.42. The van der Waals surface area contributed by atoms with Crippen LogP contribution < -0.4 is 10.6 Å². The molecule has 2 amide bonds. The fraction of sp³-hybridized carbons (Fsp3) is 0.462. The zero-order chi connectivity index (χ0) is 13.8. The van der Waals surface area contributed by atoms with Gasteiger partial charge in [-0.15, -0.1) is 0 Å². The first-order valence-corrected chi connectivity index (χ1v) is 6.29. The SMILES string of the molecule is N#COCCCCCCNC(=O)Nc1ccccn1. The second-order valence-corrected chi connectivity index (χ2v) is 3.95. The Hall–Kier alpha value is -2.29. The number of hydrogen-bond donors (Lipinski definition) is 2. The van der Waals surface area contributed by atoms with Gasteiger partial charge in [-0.25, -0.2) is 9.78 Å². The van der Waals surface area contributed by atoms with Gasteiger partial charge in [0.25, 0.3) is 6.26 Å². The average Bonchev–Trinajstić information content (AvgIpc) is 2.43. The molecule has 0 radical (unpaired) electrons. The van der Waals surface area contributed by atoms with Crippen LogP contribution in [0.3, 0.4) is 0 Å². The van der Waals surface area contributed by atoms with Crippen LogP contribution in [0, 0.1) is 11.5 Å². The monoisotopic (exact) mass is 262 g/mol. The predicted molar refractivity (Wildman–Crippen MR) is 71.3 cm³/mol. The Morgan fingerprint density at radius 2 is 2.16 bits per heavy atom. The molecule has 2 N–H and O–H groups in total.